The maximum absolute atomic E-state index is 13.5. The molecule has 0 spiro atoms. The van der Waals surface area contributed by atoms with E-state index in [-0.39, 0.29) is 11.9 Å². The molecular formula is C13H15FN2O. The van der Waals surface area contributed by atoms with Gasteiger partial charge in [0.2, 0.25) is 0 Å². The lowest BCUT2D eigenvalue weighted by atomic mass is 10.0. The molecule has 3 nitrogen and oxygen atoms in total. The third-order valence-electron chi connectivity index (χ3n) is 2.69. The average Bonchev–Trinajstić information content (AvgIpc) is 2.75. The van der Waals surface area contributed by atoms with Crippen molar-refractivity contribution in [2.45, 2.75) is 19.4 Å². The molecule has 0 fully saturated rings. The number of rotatable bonds is 4. The summed E-state index contributed by atoms with van der Waals surface area (Å²) in [6, 6.07) is 10.1. The second kappa shape index (κ2) is 5.12. The Balaban J connectivity index is 2.18. The minimum Gasteiger partial charge on any atom is -0.465 e. The van der Waals surface area contributed by atoms with Crippen LogP contribution >= 0.6 is 0 Å². The number of hydrogen-bond donors (Lipinski definition) is 2. The van der Waals surface area contributed by atoms with Crippen LogP contribution in [0.5, 0.6) is 0 Å². The first-order valence-electron chi connectivity index (χ1n) is 5.46. The Kier molecular flexibility index (Phi) is 3.56. The van der Waals surface area contributed by atoms with Crippen molar-refractivity contribution in [1.82, 2.24) is 5.43 Å². The summed E-state index contributed by atoms with van der Waals surface area (Å²) in [6.07, 6.45) is 0.454. The maximum atomic E-state index is 13.5. The van der Waals surface area contributed by atoms with E-state index in [0.29, 0.717) is 17.7 Å². The van der Waals surface area contributed by atoms with Crippen LogP contribution in [0.15, 0.2) is 40.8 Å². The molecule has 2 rings (SSSR count). The molecule has 0 aliphatic carbocycles. The van der Waals surface area contributed by atoms with Gasteiger partial charge in [-0.25, -0.2) is 9.82 Å². The van der Waals surface area contributed by atoms with E-state index in [1.54, 1.807) is 18.2 Å². The largest absolute Gasteiger partial charge is 0.465 e. The first-order valence-corrected chi connectivity index (χ1v) is 5.46. The Morgan fingerprint density at radius 2 is 2.06 bits per heavy atom. The molecule has 4 heteroatoms. The fourth-order valence-corrected chi connectivity index (χ4v) is 1.77. The van der Waals surface area contributed by atoms with Crippen LogP contribution in [0.4, 0.5) is 4.39 Å². The molecule has 1 aromatic carbocycles. The van der Waals surface area contributed by atoms with Crippen LogP contribution < -0.4 is 11.3 Å². The molecule has 2 aromatic rings. The quantitative estimate of drug-likeness (QED) is 0.631. The number of furan rings is 1. The molecule has 3 N–H and O–H groups in total. The fourth-order valence-electron chi connectivity index (χ4n) is 1.77. The highest BCUT2D eigenvalue weighted by Gasteiger charge is 2.15. The van der Waals surface area contributed by atoms with E-state index in [4.69, 9.17) is 10.3 Å². The van der Waals surface area contributed by atoms with Crippen LogP contribution in [0.3, 0.4) is 0 Å². The summed E-state index contributed by atoms with van der Waals surface area (Å²) in [5.41, 5.74) is 3.26. The zero-order chi connectivity index (χ0) is 12.3. The van der Waals surface area contributed by atoms with Gasteiger partial charge in [-0.05, 0) is 37.1 Å². The number of hydrogen-bond acceptors (Lipinski definition) is 3. The van der Waals surface area contributed by atoms with Crippen LogP contribution in [0.25, 0.3) is 0 Å². The molecule has 17 heavy (non-hydrogen) atoms. The Labute approximate surface area is 99.4 Å². The van der Waals surface area contributed by atoms with Gasteiger partial charge in [-0.3, -0.25) is 5.84 Å². The standard InChI is InChI=1S/C13H15FN2O/c1-9-6-7-13(17-9)12(16-15)8-10-4-2-3-5-11(10)14/h2-7,12,16H,8,15H2,1H3. The van der Waals surface area contributed by atoms with Gasteiger partial charge in [0.25, 0.3) is 0 Å². The maximum Gasteiger partial charge on any atom is 0.126 e. The van der Waals surface area contributed by atoms with E-state index in [0.717, 1.165) is 5.76 Å². The molecule has 0 radical (unpaired) electrons. The second-order valence-electron chi connectivity index (χ2n) is 3.96. The van der Waals surface area contributed by atoms with Gasteiger partial charge >= 0.3 is 0 Å². The number of benzene rings is 1. The van der Waals surface area contributed by atoms with Gasteiger partial charge in [-0.15, -0.1) is 0 Å². The molecule has 0 amide bonds. The summed E-state index contributed by atoms with van der Waals surface area (Å²) in [6.45, 7) is 1.86. The second-order valence-corrected chi connectivity index (χ2v) is 3.96. The lowest BCUT2D eigenvalue weighted by molar-refractivity contribution is 0.400. The molecule has 0 aliphatic heterocycles. The Bertz CT molecular complexity index is 496. The lowest BCUT2D eigenvalue weighted by Crippen LogP contribution is -2.29. The predicted molar refractivity (Wildman–Crippen MR) is 63.6 cm³/mol. The van der Waals surface area contributed by atoms with Crippen LogP contribution in [-0.2, 0) is 6.42 Å². The van der Waals surface area contributed by atoms with E-state index in [2.05, 4.69) is 5.43 Å². The normalized spacial score (nSPS) is 12.6. The zero-order valence-corrected chi connectivity index (χ0v) is 9.61. The van der Waals surface area contributed by atoms with Crippen LogP contribution in [0.2, 0.25) is 0 Å². The van der Waals surface area contributed by atoms with Crippen molar-refractivity contribution in [3.63, 3.8) is 0 Å². The molecule has 0 aliphatic rings. The van der Waals surface area contributed by atoms with Crippen molar-refractivity contribution in [1.29, 1.82) is 0 Å². The third-order valence-corrected chi connectivity index (χ3v) is 2.69. The van der Waals surface area contributed by atoms with Crippen LogP contribution in [0.1, 0.15) is 23.1 Å². The van der Waals surface area contributed by atoms with Gasteiger partial charge in [-0.2, -0.15) is 0 Å². The average molecular weight is 234 g/mol. The summed E-state index contributed by atoms with van der Waals surface area (Å²) in [5, 5.41) is 0. The van der Waals surface area contributed by atoms with Gasteiger partial charge in [0, 0.05) is 0 Å². The van der Waals surface area contributed by atoms with Gasteiger partial charge in [-0.1, -0.05) is 18.2 Å². The van der Waals surface area contributed by atoms with Crippen LogP contribution in [-0.4, -0.2) is 0 Å². The molecule has 0 bridgehead atoms. The topological polar surface area (TPSA) is 51.2 Å². The number of hydrazine groups is 1. The van der Waals surface area contributed by atoms with Crippen molar-refractivity contribution in [2.24, 2.45) is 5.84 Å². The minimum absolute atomic E-state index is 0.222. The van der Waals surface area contributed by atoms with Crippen molar-refractivity contribution in [3.8, 4) is 0 Å². The van der Waals surface area contributed by atoms with Crippen molar-refractivity contribution >= 4 is 0 Å². The fraction of sp³-hybridized carbons (Fsp3) is 0.231. The van der Waals surface area contributed by atoms with E-state index in [1.165, 1.54) is 6.07 Å². The highest BCUT2D eigenvalue weighted by Crippen LogP contribution is 2.21. The SMILES string of the molecule is Cc1ccc(C(Cc2ccccc2F)NN)o1. The van der Waals surface area contributed by atoms with E-state index in [9.17, 15) is 4.39 Å². The first-order chi connectivity index (χ1) is 8.20. The minimum atomic E-state index is -0.226. The Morgan fingerprint density at radius 1 is 1.29 bits per heavy atom. The summed E-state index contributed by atoms with van der Waals surface area (Å²) in [5.74, 6) is 6.78. The molecular weight excluding hydrogens is 219 g/mol. The van der Waals surface area contributed by atoms with Crippen molar-refractivity contribution < 1.29 is 8.81 Å². The van der Waals surface area contributed by atoms with E-state index < -0.39 is 0 Å². The molecule has 0 saturated heterocycles. The van der Waals surface area contributed by atoms with E-state index in [1.807, 2.05) is 19.1 Å². The molecule has 1 unspecified atom stereocenters. The monoisotopic (exact) mass is 234 g/mol. The lowest BCUT2D eigenvalue weighted by Gasteiger charge is -2.13. The third kappa shape index (κ3) is 2.72. The molecule has 1 aromatic heterocycles. The van der Waals surface area contributed by atoms with Gasteiger partial charge < -0.3 is 4.42 Å². The zero-order valence-electron chi connectivity index (χ0n) is 9.61. The summed E-state index contributed by atoms with van der Waals surface area (Å²) in [7, 11) is 0. The van der Waals surface area contributed by atoms with Crippen molar-refractivity contribution in [2.75, 3.05) is 0 Å². The molecule has 90 valence electrons. The van der Waals surface area contributed by atoms with Gasteiger partial charge in [0.15, 0.2) is 0 Å². The van der Waals surface area contributed by atoms with Crippen molar-refractivity contribution in [3.05, 3.63) is 59.3 Å². The highest BCUT2D eigenvalue weighted by molar-refractivity contribution is 5.21. The molecule has 1 atom stereocenters. The van der Waals surface area contributed by atoms with Gasteiger partial charge in [0.05, 0.1) is 6.04 Å². The summed E-state index contributed by atoms with van der Waals surface area (Å²) >= 11 is 0. The molecule has 0 saturated carbocycles. The Hall–Kier alpha value is -1.65. The smallest absolute Gasteiger partial charge is 0.126 e. The number of halogens is 1. The highest BCUT2D eigenvalue weighted by atomic mass is 19.1. The summed E-state index contributed by atoms with van der Waals surface area (Å²) < 4.78 is 19.0. The number of aryl methyl sites for hydroxylation is 1. The number of nitrogens with two attached hydrogens (primary N) is 1. The van der Waals surface area contributed by atoms with E-state index >= 15 is 0 Å². The molecule has 1 heterocycles. The summed E-state index contributed by atoms with van der Waals surface area (Å²) in [4.78, 5) is 0. The van der Waals surface area contributed by atoms with Crippen LogP contribution in [0, 0.1) is 12.7 Å². The predicted octanol–water partition coefficient (Wildman–Crippen LogP) is 2.47. The van der Waals surface area contributed by atoms with Gasteiger partial charge in [0.1, 0.15) is 17.3 Å². The first kappa shape index (κ1) is 11.8. The Morgan fingerprint density at radius 3 is 2.65 bits per heavy atom. The number of nitrogens with one attached hydrogen (secondary N) is 1.